The minimum absolute atomic E-state index is 0.469. The third-order valence-electron chi connectivity index (χ3n) is 2.99. The van der Waals surface area contributed by atoms with Crippen LogP contribution in [0.5, 0.6) is 0 Å². The van der Waals surface area contributed by atoms with Crippen LogP contribution in [0.3, 0.4) is 0 Å². The molecule has 0 radical (unpaired) electrons. The van der Waals surface area contributed by atoms with Crippen molar-refractivity contribution >= 4 is 11.7 Å². The summed E-state index contributed by atoms with van der Waals surface area (Å²) < 4.78 is 39.6. The van der Waals surface area contributed by atoms with E-state index in [-0.39, 0.29) is 0 Å². The zero-order chi connectivity index (χ0) is 13.7. The van der Waals surface area contributed by atoms with Gasteiger partial charge in [0, 0.05) is 12.5 Å². The lowest BCUT2D eigenvalue weighted by molar-refractivity contribution is -0.387. The largest absolute Gasteiger partial charge is 0.480 e. The Hall–Kier alpha value is -2.12. The fourth-order valence-corrected chi connectivity index (χ4v) is 1.88. The summed E-state index contributed by atoms with van der Waals surface area (Å²) in [5.41, 5.74) is -3.82. The summed E-state index contributed by atoms with van der Waals surface area (Å²) in [6.07, 6.45) is -0.938. The van der Waals surface area contributed by atoms with Crippen molar-refractivity contribution in [3.8, 4) is 0 Å². The molecule has 5 nitrogen and oxygen atoms in total. The lowest BCUT2D eigenvalue weighted by atomic mass is 9.95. The molecule has 1 aromatic rings. The number of hydrogen-bond donors (Lipinski definition) is 1. The van der Waals surface area contributed by atoms with Crippen molar-refractivity contribution in [1.82, 2.24) is 0 Å². The predicted octanol–water partition coefficient (Wildman–Crippen LogP) is 2.10. The zero-order valence-electron chi connectivity index (χ0n) is 8.69. The van der Waals surface area contributed by atoms with Crippen LogP contribution in [-0.2, 0) is 10.2 Å². The standard InChI is InChI=1S/C10H6F3NO4/c11-6-3-5(1-2-7(6)14(17)18)9(8(15)16)4-10(9,12)13/h1-3H,4H2,(H,15,16). The van der Waals surface area contributed by atoms with Crippen LogP contribution < -0.4 is 0 Å². The highest BCUT2D eigenvalue weighted by molar-refractivity contribution is 5.87. The van der Waals surface area contributed by atoms with Gasteiger partial charge in [0.15, 0.2) is 5.41 Å². The number of nitro benzene ring substituents is 1. The van der Waals surface area contributed by atoms with Crippen LogP contribution in [0.15, 0.2) is 18.2 Å². The molecule has 96 valence electrons. The van der Waals surface area contributed by atoms with Gasteiger partial charge in [-0.1, -0.05) is 6.07 Å². The topological polar surface area (TPSA) is 80.4 Å². The van der Waals surface area contributed by atoms with Crippen LogP contribution in [0.4, 0.5) is 18.9 Å². The molecule has 1 aliphatic carbocycles. The summed E-state index contributed by atoms with van der Waals surface area (Å²) in [5, 5.41) is 19.2. The van der Waals surface area contributed by atoms with Crippen molar-refractivity contribution in [3.63, 3.8) is 0 Å². The van der Waals surface area contributed by atoms with Crippen LogP contribution in [0, 0.1) is 15.9 Å². The Bertz CT molecular complexity index is 560. The average molecular weight is 261 g/mol. The molecular weight excluding hydrogens is 255 g/mol. The second-order valence-corrected chi connectivity index (χ2v) is 4.02. The first-order chi connectivity index (χ1) is 8.22. The van der Waals surface area contributed by atoms with Gasteiger partial charge in [0.25, 0.3) is 5.92 Å². The lowest BCUT2D eigenvalue weighted by Crippen LogP contribution is -2.27. The van der Waals surface area contributed by atoms with Crippen molar-refractivity contribution in [1.29, 1.82) is 0 Å². The molecule has 0 spiro atoms. The molecule has 1 atom stereocenters. The minimum atomic E-state index is -3.47. The van der Waals surface area contributed by atoms with Crippen molar-refractivity contribution in [2.45, 2.75) is 17.8 Å². The van der Waals surface area contributed by atoms with E-state index in [1.54, 1.807) is 0 Å². The maximum Gasteiger partial charge on any atom is 0.320 e. The van der Waals surface area contributed by atoms with E-state index in [1.807, 2.05) is 0 Å². The third kappa shape index (κ3) is 1.45. The number of alkyl halides is 2. The molecule has 1 saturated carbocycles. The van der Waals surface area contributed by atoms with Crippen LogP contribution in [0.1, 0.15) is 12.0 Å². The third-order valence-corrected chi connectivity index (χ3v) is 2.99. The summed E-state index contributed by atoms with van der Waals surface area (Å²) in [6, 6.07) is 2.01. The molecule has 8 heteroatoms. The van der Waals surface area contributed by atoms with E-state index >= 15 is 0 Å². The molecule has 0 aromatic heterocycles. The number of nitrogens with zero attached hydrogens (tertiary/aromatic N) is 1. The molecular formula is C10H6F3NO4. The van der Waals surface area contributed by atoms with Crippen LogP contribution in [0.2, 0.25) is 0 Å². The fourth-order valence-electron chi connectivity index (χ4n) is 1.88. The van der Waals surface area contributed by atoms with E-state index in [0.717, 1.165) is 6.07 Å². The Morgan fingerprint density at radius 3 is 2.33 bits per heavy atom. The van der Waals surface area contributed by atoms with Gasteiger partial charge in [-0.25, -0.2) is 8.78 Å². The van der Waals surface area contributed by atoms with Gasteiger partial charge < -0.3 is 5.11 Å². The maximum absolute atomic E-state index is 13.3. The van der Waals surface area contributed by atoms with Gasteiger partial charge in [0.05, 0.1) is 4.92 Å². The van der Waals surface area contributed by atoms with Gasteiger partial charge in [0.2, 0.25) is 5.82 Å². The SMILES string of the molecule is O=C(O)C1(c2ccc([N+](=O)[O-])c(F)c2)CC1(F)F. The smallest absolute Gasteiger partial charge is 0.320 e. The number of rotatable bonds is 3. The summed E-state index contributed by atoms with van der Waals surface area (Å²) in [5.74, 6) is -6.58. The highest BCUT2D eigenvalue weighted by Gasteiger charge is 2.77. The fraction of sp³-hybridized carbons (Fsp3) is 0.300. The van der Waals surface area contributed by atoms with Gasteiger partial charge >= 0.3 is 11.7 Å². The maximum atomic E-state index is 13.3. The monoisotopic (exact) mass is 261 g/mol. The van der Waals surface area contributed by atoms with Crippen molar-refractivity contribution < 1.29 is 28.0 Å². The van der Waals surface area contributed by atoms with Crippen LogP contribution in [0.25, 0.3) is 0 Å². The molecule has 1 aromatic carbocycles. The van der Waals surface area contributed by atoms with E-state index in [9.17, 15) is 28.1 Å². The van der Waals surface area contributed by atoms with Crippen LogP contribution in [-0.4, -0.2) is 21.9 Å². The number of halogens is 3. The number of nitro groups is 1. The summed E-state index contributed by atoms with van der Waals surface area (Å²) >= 11 is 0. The van der Waals surface area contributed by atoms with Crippen LogP contribution >= 0.6 is 0 Å². The first-order valence-corrected chi connectivity index (χ1v) is 4.78. The highest BCUT2D eigenvalue weighted by atomic mass is 19.3. The Labute approximate surface area is 98.0 Å². The summed E-state index contributed by atoms with van der Waals surface area (Å²) in [6.45, 7) is 0. The van der Waals surface area contributed by atoms with E-state index in [4.69, 9.17) is 5.11 Å². The molecule has 18 heavy (non-hydrogen) atoms. The minimum Gasteiger partial charge on any atom is -0.480 e. The Morgan fingerprint density at radius 1 is 1.44 bits per heavy atom. The summed E-state index contributed by atoms with van der Waals surface area (Å²) in [4.78, 5) is 20.2. The molecule has 2 rings (SSSR count). The Balaban J connectivity index is 2.51. The van der Waals surface area contributed by atoms with Crippen molar-refractivity contribution in [2.24, 2.45) is 0 Å². The van der Waals surface area contributed by atoms with Gasteiger partial charge in [0.1, 0.15) is 0 Å². The average Bonchev–Trinajstić information content (AvgIpc) is 2.82. The lowest BCUT2D eigenvalue weighted by Gasteiger charge is -2.11. The molecule has 0 aliphatic heterocycles. The van der Waals surface area contributed by atoms with E-state index < -0.39 is 45.7 Å². The number of hydrogen-bond acceptors (Lipinski definition) is 3. The van der Waals surface area contributed by atoms with Crippen molar-refractivity contribution in [2.75, 3.05) is 0 Å². The Morgan fingerprint density at radius 2 is 2.00 bits per heavy atom. The van der Waals surface area contributed by atoms with E-state index in [0.29, 0.717) is 12.1 Å². The molecule has 1 aliphatic rings. The normalized spacial score (nSPS) is 24.6. The van der Waals surface area contributed by atoms with E-state index in [2.05, 4.69) is 0 Å². The number of carbonyl (C=O) groups is 1. The molecule has 0 amide bonds. The molecule has 1 fully saturated rings. The van der Waals surface area contributed by atoms with Gasteiger partial charge in [-0.3, -0.25) is 14.9 Å². The molecule has 0 bridgehead atoms. The number of carboxylic acid groups (broad SMARTS) is 1. The predicted molar refractivity (Wildman–Crippen MR) is 51.9 cm³/mol. The Kier molecular flexibility index (Phi) is 2.36. The first kappa shape index (κ1) is 12.3. The summed E-state index contributed by atoms with van der Waals surface area (Å²) in [7, 11) is 0. The molecule has 1 unspecified atom stereocenters. The zero-order valence-corrected chi connectivity index (χ0v) is 8.69. The molecule has 0 heterocycles. The van der Waals surface area contributed by atoms with Gasteiger partial charge in [-0.05, 0) is 11.6 Å². The van der Waals surface area contributed by atoms with Gasteiger partial charge in [-0.15, -0.1) is 0 Å². The number of carboxylic acids is 1. The second kappa shape index (κ2) is 3.44. The van der Waals surface area contributed by atoms with Gasteiger partial charge in [-0.2, -0.15) is 4.39 Å². The second-order valence-electron chi connectivity index (χ2n) is 4.02. The highest BCUT2D eigenvalue weighted by Crippen LogP contribution is 2.61. The number of benzene rings is 1. The van der Waals surface area contributed by atoms with Crippen molar-refractivity contribution in [3.05, 3.63) is 39.7 Å². The van der Waals surface area contributed by atoms with E-state index in [1.165, 1.54) is 0 Å². The first-order valence-electron chi connectivity index (χ1n) is 4.78. The number of aliphatic carboxylic acids is 1. The molecule has 1 N–H and O–H groups in total. The quantitative estimate of drug-likeness (QED) is 0.667. The molecule has 0 saturated heterocycles.